The minimum atomic E-state index is -3.43. The Labute approximate surface area is 138 Å². The predicted molar refractivity (Wildman–Crippen MR) is 92.0 cm³/mol. The van der Waals surface area contributed by atoms with E-state index >= 15 is 0 Å². The van der Waals surface area contributed by atoms with Gasteiger partial charge in [-0.05, 0) is 38.3 Å². The van der Waals surface area contributed by atoms with Gasteiger partial charge < -0.3 is 5.32 Å². The van der Waals surface area contributed by atoms with Crippen molar-refractivity contribution in [1.29, 1.82) is 0 Å². The fourth-order valence-corrected chi connectivity index (χ4v) is 3.81. The molecule has 1 saturated heterocycles. The second kappa shape index (κ2) is 7.75. The van der Waals surface area contributed by atoms with E-state index < -0.39 is 10.0 Å². The van der Waals surface area contributed by atoms with E-state index in [-0.39, 0.29) is 17.9 Å². The van der Waals surface area contributed by atoms with E-state index in [0.29, 0.717) is 25.9 Å². The lowest BCUT2D eigenvalue weighted by atomic mass is 9.97. The Balaban J connectivity index is 1.93. The molecule has 1 amide bonds. The van der Waals surface area contributed by atoms with Crippen molar-refractivity contribution in [1.82, 2.24) is 9.62 Å². The largest absolute Gasteiger partial charge is 0.354 e. The summed E-state index contributed by atoms with van der Waals surface area (Å²) in [6.07, 6.45) is 2.74. The second-order valence-corrected chi connectivity index (χ2v) is 7.91. The maximum atomic E-state index is 12.4. The van der Waals surface area contributed by atoms with E-state index in [0.717, 1.165) is 5.56 Å². The van der Waals surface area contributed by atoms with Crippen molar-refractivity contribution in [2.24, 2.45) is 5.92 Å². The Morgan fingerprint density at radius 2 is 1.83 bits per heavy atom. The first-order valence-corrected chi connectivity index (χ1v) is 9.42. The number of hydrogen-bond donors (Lipinski definition) is 1. The third-order valence-corrected chi connectivity index (χ3v) is 5.41. The van der Waals surface area contributed by atoms with Crippen molar-refractivity contribution in [3.8, 4) is 0 Å². The Morgan fingerprint density at radius 3 is 2.39 bits per heavy atom. The van der Waals surface area contributed by atoms with Gasteiger partial charge in [0.15, 0.2) is 0 Å². The van der Waals surface area contributed by atoms with E-state index in [9.17, 15) is 13.2 Å². The first-order valence-electron chi connectivity index (χ1n) is 7.92. The van der Waals surface area contributed by atoms with E-state index in [1.165, 1.54) is 9.71 Å². The predicted octanol–water partition coefficient (Wildman–Crippen LogP) is 2.22. The highest BCUT2D eigenvalue weighted by Crippen LogP contribution is 2.21. The van der Waals surface area contributed by atoms with Crippen molar-refractivity contribution in [2.75, 3.05) is 13.1 Å². The van der Waals surface area contributed by atoms with Crippen LogP contribution in [0.2, 0.25) is 0 Å². The highest BCUT2D eigenvalue weighted by Gasteiger charge is 2.29. The van der Waals surface area contributed by atoms with E-state index in [4.69, 9.17) is 0 Å². The van der Waals surface area contributed by atoms with Crippen LogP contribution in [0.1, 0.15) is 32.3 Å². The molecule has 0 bridgehead atoms. The van der Waals surface area contributed by atoms with Gasteiger partial charge >= 0.3 is 0 Å². The maximum Gasteiger partial charge on any atom is 0.236 e. The molecule has 0 spiro atoms. The molecular formula is C17H24N2O3S. The van der Waals surface area contributed by atoms with Crippen LogP contribution in [-0.2, 0) is 14.8 Å². The summed E-state index contributed by atoms with van der Waals surface area (Å²) in [4.78, 5) is 12.0. The summed E-state index contributed by atoms with van der Waals surface area (Å²) in [6.45, 7) is 4.62. The van der Waals surface area contributed by atoms with Gasteiger partial charge in [0, 0.05) is 30.5 Å². The third-order valence-electron chi connectivity index (χ3n) is 3.85. The summed E-state index contributed by atoms with van der Waals surface area (Å²) in [5, 5.41) is 4.14. The van der Waals surface area contributed by atoms with E-state index in [1.54, 1.807) is 6.08 Å². The number of amides is 1. The summed E-state index contributed by atoms with van der Waals surface area (Å²) in [5.74, 6) is -0.0705. The first kappa shape index (κ1) is 17.7. The summed E-state index contributed by atoms with van der Waals surface area (Å²) in [5.41, 5.74) is 0.849. The van der Waals surface area contributed by atoms with Gasteiger partial charge in [-0.2, -0.15) is 4.31 Å². The lowest BCUT2D eigenvalue weighted by molar-refractivity contribution is -0.126. The number of carbonyl (C=O) groups excluding carboxylic acids is 1. The number of benzene rings is 1. The SMILES string of the molecule is CC(C)NC(=O)C1CCN(S(=O)(=O)/C=C/c2ccccc2)CC1. The van der Waals surface area contributed by atoms with Crippen molar-refractivity contribution in [2.45, 2.75) is 32.7 Å². The van der Waals surface area contributed by atoms with Crippen LogP contribution >= 0.6 is 0 Å². The molecule has 0 aliphatic carbocycles. The van der Waals surface area contributed by atoms with Crippen LogP contribution in [0.3, 0.4) is 0 Å². The fraction of sp³-hybridized carbons (Fsp3) is 0.471. The minimum Gasteiger partial charge on any atom is -0.354 e. The normalized spacial score (nSPS) is 17.7. The number of nitrogens with zero attached hydrogens (tertiary/aromatic N) is 1. The summed E-state index contributed by atoms with van der Waals surface area (Å²) in [7, 11) is -3.43. The van der Waals surface area contributed by atoms with Crippen molar-refractivity contribution >= 4 is 22.0 Å². The van der Waals surface area contributed by atoms with Gasteiger partial charge in [-0.25, -0.2) is 8.42 Å². The number of nitrogens with one attached hydrogen (secondary N) is 1. The van der Waals surface area contributed by atoms with Crippen LogP contribution in [0.4, 0.5) is 0 Å². The molecule has 0 radical (unpaired) electrons. The summed E-state index contributed by atoms with van der Waals surface area (Å²) in [6, 6.07) is 9.44. The molecule has 0 aromatic heterocycles. The number of piperidine rings is 1. The Kier molecular flexibility index (Phi) is 5.96. The van der Waals surface area contributed by atoms with Crippen molar-refractivity contribution in [3.05, 3.63) is 41.3 Å². The van der Waals surface area contributed by atoms with Gasteiger partial charge in [0.1, 0.15) is 0 Å². The van der Waals surface area contributed by atoms with Gasteiger partial charge in [-0.15, -0.1) is 0 Å². The summed E-state index contributed by atoms with van der Waals surface area (Å²) >= 11 is 0. The molecule has 1 N–H and O–H groups in total. The van der Waals surface area contributed by atoms with Gasteiger partial charge in [0.25, 0.3) is 0 Å². The summed E-state index contributed by atoms with van der Waals surface area (Å²) < 4.78 is 26.2. The topological polar surface area (TPSA) is 66.5 Å². The first-order chi connectivity index (χ1) is 10.9. The van der Waals surface area contributed by atoms with Crippen LogP contribution in [0.25, 0.3) is 6.08 Å². The molecule has 5 nitrogen and oxygen atoms in total. The fourth-order valence-electron chi connectivity index (χ4n) is 2.59. The zero-order chi connectivity index (χ0) is 16.9. The zero-order valence-corrected chi connectivity index (χ0v) is 14.4. The maximum absolute atomic E-state index is 12.4. The molecular weight excluding hydrogens is 312 g/mol. The van der Waals surface area contributed by atoms with Gasteiger partial charge in [-0.3, -0.25) is 4.79 Å². The quantitative estimate of drug-likeness (QED) is 0.896. The Hall–Kier alpha value is -1.66. The molecule has 23 heavy (non-hydrogen) atoms. The Morgan fingerprint density at radius 1 is 1.22 bits per heavy atom. The lowest BCUT2D eigenvalue weighted by Crippen LogP contribution is -2.43. The van der Waals surface area contributed by atoms with Gasteiger partial charge in [0.2, 0.25) is 15.9 Å². The van der Waals surface area contributed by atoms with E-state index in [1.807, 2.05) is 44.2 Å². The highest BCUT2D eigenvalue weighted by atomic mass is 32.2. The molecule has 1 aromatic rings. The zero-order valence-electron chi connectivity index (χ0n) is 13.6. The molecule has 2 rings (SSSR count). The third kappa shape index (κ3) is 5.18. The standard InChI is InChI=1S/C17H24N2O3S/c1-14(2)18-17(20)16-8-11-19(12-9-16)23(21,22)13-10-15-6-4-3-5-7-15/h3-7,10,13-14,16H,8-9,11-12H2,1-2H3,(H,18,20)/b13-10+. The minimum absolute atomic E-state index is 0.0249. The Bertz CT molecular complexity index is 646. The van der Waals surface area contributed by atoms with Gasteiger partial charge in [0.05, 0.1) is 0 Å². The monoisotopic (exact) mass is 336 g/mol. The number of sulfonamides is 1. The van der Waals surface area contributed by atoms with Crippen LogP contribution in [0.5, 0.6) is 0 Å². The van der Waals surface area contributed by atoms with Crippen LogP contribution in [0.15, 0.2) is 35.7 Å². The molecule has 0 atom stereocenters. The molecule has 1 aliphatic heterocycles. The molecule has 0 saturated carbocycles. The van der Waals surface area contributed by atoms with Crippen molar-refractivity contribution in [3.63, 3.8) is 0 Å². The molecule has 1 fully saturated rings. The molecule has 1 heterocycles. The molecule has 126 valence electrons. The molecule has 6 heteroatoms. The highest BCUT2D eigenvalue weighted by molar-refractivity contribution is 7.92. The van der Waals surface area contributed by atoms with Crippen LogP contribution in [0, 0.1) is 5.92 Å². The van der Waals surface area contributed by atoms with Crippen molar-refractivity contribution < 1.29 is 13.2 Å². The number of hydrogen-bond acceptors (Lipinski definition) is 3. The van der Waals surface area contributed by atoms with Gasteiger partial charge in [-0.1, -0.05) is 30.3 Å². The number of rotatable bonds is 5. The average Bonchev–Trinajstić information content (AvgIpc) is 2.53. The van der Waals surface area contributed by atoms with Crippen LogP contribution < -0.4 is 5.32 Å². The van der Waals surface area contributed by atoms with E-state index in [2.05, 4.69) is 5.32 Å². The molecule has 0 unspecified atom stereocenters. The molecule has 1 aliphatic rings. The molecule has 1 aromatic carbocycles. The number of carbonyl (C=O) groups is 1. The smallest absolute Gasteiger partial charge is 0.236 e. The van der Waals surface area contributed by atoms with Crippen LogP contribution in [-0.4, -0.2) is 37.8 Å². The second-order valence-electron chi connectivity index (χ2n) is 6.09. The lowest BCUT2D eigenvalue weighted by Gasteiger charge is -2.30. The average molecular weight is 336 g/mol.